The van der Waals surface area contributed by atoms with E-state index in [4.69, 9.17) is 9.47 Å². The smallest absolute Gasteiger partial charge is 0.213 e. The molecule has 0 radical (unpaired) electrons. The lowest BCUT2D eigenvalue weighted by Crippen LogP contribution is -2.03. The number of rotatable bonds is 5. The largest absolute Gasteiger partial charge is 0.493 e. The maximum absolute atomic E-state index is 5.22. The van der Waals surface area contributed by atoms with Crippen molar-refractivity contribution in [1.29, 1.82) is 0 Å². The average Bonchev–Trinajstić information content (AvgIpc) is 2.45. The summed E-state index contributed by atoms with van der Waals surface area (Å²) in [6.45, 7) is 0.631. The molecule has 1 N–H and O–H groups in total. The molecule has 2 heterocycles. The minimum absolute atomic E-state index is 0.599. The lowest BCUT2D eigenvalue weighted by atomic mass is 10.2. The second-order valence-corrected chi connectivity index (χ2v) is 3.61. The van der Waals surface area contributed by atoms with Crippen LogP contribution in [-0.4, -0.2) is 24.2 Å². The Balaban J connectivity index is 2.06. The van der Waals surface area contributed by atoms with Gasteiger partial charge >= 0.3 is 0 Å². The van der Waals surface area contributed by atoms with E-state index in [1.54, 1.807) is 26.6 Å². The first-order chi connectivity index (χ1) is 8.83. The molecule has 94 valence electrons. The Morgan fingerprint density at radius 3 is 2.78 bits per heavy atom. The molecule has 2 aromatic rings. The highest BCUT2D eigenvalue weighted by atomic mass is 16.5. The van der Waals surface area contributed by atoms with E-state index in [1.165, 1.54) is 0 Å². The van der Waals surface area contributed by atoms with Crippen LogP contribution in [0.4, 0.5) is 5.82 Å². The Labute approximate surface area is 106 Å². The van der Waals surface area contributed by atoms with Gasteiger partial charge in [-0.1, -0.05) is 0 Å². The summed E-state index contributed by atoms with van der Waals surface area (Å²) >= 11 is 0. The van der Waals surface area contributed by atoms with E-state index in [2.05, 4.69) is 15.3 Å². The van der Waals surface area contributed by atoms with Crippen molar-refractivity contribution in [1.82, 2.24) is 9.97 Å². The minimum Gasteiger partial charge on any atom is -0.493 e. The monoisotopic (exact) mass is 245 g/mol. The van der Waals surface area contributed by atoms with Crippen molar-refractivity contribution in [3.8, 4) is 11.6 Å². The van der Waals surface area contributed by atoms with E-state index in [0.29, 0.717) is 12.4 Å². The predicted molar refractivity (Wildman–Crippen MR) is 68.9 cm³/mol. The van der Waals surface area contributed by atoms with Crippen molar-refractivity contribution in [3.05, 3.63) is 42.2 Å². The molecule has 0 aromatic carbocycles. The topological polar surface area (TPSA) is 56.3 Å². The Hall–Kier alpha value is -2.30. The van der Waals surface area contributed by atoms with Gasteiger partial charge in [-0.25, -0.2) is 9.97 Å². The molecule has 5 heteroatoms. The van der Waals surface area contributed by atoms with E-state index < -0.39 is 0 Å². The van der Waals surface area contributed by atoms with Crippen LogP contribution in [0.2, 0.25) is 0 Å². The van der Waals surface area contributed by atoms with Gasteiger partial charge in [0.25, 0.3) is 0 Å². The van der Waals surface area contributed by atoms with Gasteiger partial charge in [-0.15, -0.1) is 0 Å². The maximum atomic E-state index is 5.22. The first-order valence-electron chi connectivity index (χ1n) is 5.55. The number of anilines is 1. The number of nitrogens with zero attached hydrogens (tertiary/aromatic N) is 2. The summed E-state index contributed by atoms with van der Waals surface area (Å²) in [5, 5.41) is 3.21. The highest BCUT2D eigenvalue weighted by Gasteiger charge is 2.03. The molecule has 0 saturated heterocycles. The molecule has 0 aliphatic heterocycles. The molecule has 0 amide bonds. The van der Waals surface area contributed by atoms with Gasteiger partial charge in [-0.2, -0.15) is 0 Å². The number of aromatic nitrogens is 2. The van der Waals surface area contributed by atoms with Crippen LogP contribution >= 0.6 is 0 Å². The molecule has 0 spiro atoms. The average molecular weight is 245 g/mol. The van der Waals surface area contributed by atoms with Gasteiger partial charge in [0.05, 0.1) is 14.2 Å². The molecule has 0 unspecified atom stereocenters. The molecule has 2 aromatic heterocycles. The quantitative estimate of drug-likeness (QED) is 0.874. The van der Waals surface area contributed by atoms with E-state index in [0.717, 1.165) is 17.1 Å². The van der Waals surface area contributed by atoms with Crippen molar-refractivity contribution in [3.63, 3.8) is 0 Å². The Morgan fingerprint density at radius 1 is 1.11 bits per heavy atom. The Kier molecular flexibility index (Phi) is 3.96. The van der Waals surface area contributed by atoms with Crippen molar-refractivity contribution in [2.24, 2.45) is 0 Å². The Bertz CT molecular complexity index is 517. The van der Waals surface area contributed by atoms with Crippen molar-refractivity contribution < 1.29 is 9.47 Å². The zero-order valence-corrected chi connectivity index (χ0v) is 10.4. The van der Waals surface area contributed by atoms with E-state index in [1.807, 2.05) is 24.3 Å². The summed E-state index contributed by atoms with van der Waals surface area (Å²) < 4.78 is 10.3. The highest BCUT2D eigenvalue weighted by Crippen LogP contribution is 2.21. The fraction of sp³-hybridized carbons (Fsp3) is 0.231. The van der Waals surface area contributed by atoms with Gasteiger partial charge in [-0.3, -0.25) is 0 Å². The summed E-state index contributed by atoms with van der Waals surface area (Å²) in [4.78, 5) is 8.28. The van der Waals surface area contributed by atoms with Gasteiger partial charge < -0.3 is 14.8 Å². The molecule has 0 atom stereocenters. The van der Waals surface area contributed by atoms with Crippen molar-refractivity contribution in [2.75, 3.05) is 19.5 Å². The Morgan fingerprint density at radius 2 is 2.00 bits per heavy atom. The third-order valence-electron chi connectivity index (χ3n) is 2.46. The van der Waals surface area contributed by atoms with Gasteiger partial charge in [0.2, 0.25) is 5.88 Å². The van der Waals surface area contributed by atoms with Crippen molar-refractivity contribution in [2.45, 2.75) is 6.54 Å². The van der Waals surface area contributed by atoms with Crippen LogP contribution in [0.25, 0.3) is 0 Å². The summed E-state index contributed by atoms with van der Waals surface area (Å²) in [7, 11) is 3.22. The van der Waals surface area contributed by atoms with Gasteiger partial charge in [0, 0.05) is 25.0 Å². The van der Waals surface area contributed by atoms with Crippen LogP contribution in [0.1, 0.15) is 5.56 Å². The SMILES string of the molecule is COc1cc(CNc2ncccc2OC)ccn1. The molecular weight excluding hydrogens is 230 g/mol. The van der Waals surface area contributed by atoms with E-state index >= 15 is 0 Å². The normalized spacial score (nSPS) is 9.89. The van der Waals surface area contributed by atoms with Crippen LogP contribution in [0.15, 0.2) is 36.7 Å². The molecular formula is C13H15N3O2. The molecule has 0 bridgehead atoms. The second-order valence-electron chi connectivity index (χ2n) is 3.61. The maximum Gasteiger partial charge on any atom is 0.213 e. The lowest BCUT2D eigenvalue weighted by Gasteiger charge is -2.09. The van der Waals surface area contributed by atoms with Crippen LogP contribution in [0, 0.1) is 0 Å². The number of methoxy groups -OCH3 is 2. The summed E-state index contributed by atoms with van der Waals surface area (Å²) in [5.74, 6) is 2.04. The molecule has 0 aliphatic carbocycles. The van der Waals surface area contributed by atoms with Crippen LogP contribution < -0.4 is 14.8 Å². The summed E-state index contributed by atoms with van der Waals surface area (Å²) in [5.41, 5.74) is 1.06. The molecule has 0 fully saturated rings. The number of hydrogen-bond acceptors (Lipinski definition) is 5. The standard InChI is InChI=1S/C13H15N3O2/c1-17-11-4-3-6-15-13(11)16-9-10-5-7-14-12(8-10)18-2/h3-8H,9H2,1-2H3,(H,15,16). The summed E-state index contributed by atoms with van der Waals surface area (Å²) in [6.07, 6.45) is 3.43. The number of ether oxygens (including phenoxy) is 2. The first-order valence-corrected chi connectivity index (χ1v) is 5.55. The predicted octanol–water partition coefficient (Wildman–Crippen LogP) is 2.11. The fourth-order valence-electron chi connectivity index (χ4n) is 1.55. The highest BCUT2D eigenvalue weighted by molar-refractivity contribution is 5.49. The number of pyridine rings is 2. The van der Waals surface area contributed by atoms with Gasteiger partial charge in [-0.05, 0) is 23.8 Å². The van der Waals surface area contributed by atoms with Gasteiger partial charge in [0.1, 0.15) is 0 Å². The number of nitrogens with one attached hydrogen (secondary N) is 1. The second kappa shape index (κ2) is 5.86. The van der Waals surface area contributed by atoms with Crippen LogP contribution in [0.3, 0.4) is 0 Å². The lowest BCUT2D eigenvalue weighted by molar-refractivity contribution is 0.397. The summed E-state index contributed by atoms with van der Waals surface area (Å²) in [6, 6.07) is 7.50. The number of hydrogen-bond donors (Lipinski definition) is 1. The molecule has 0 aliphatic rings. The van der Waals surface area contributed by atoms with Crippen LogP contribution in [0.5, 0.6) is 11.6 Å². The van der Waals surface area contributed by atoms with E-state index in [9.17, 15) is 0 Å². The molecule has 0 saturated carbocycles. The van der Waals surface area contributed by atoms with E-state index in [-0.39, 0.29) is 0 Å². The zero-order chi connectivity index (χ0) is 12.8. The van der Waals surface area contributed by atoms with Gasteiger partial charge in [0.15, 0.2) is 11.6 Å². The molecule has 2 rings (SSSR count). The fourth-order valence-corrected chi connectivity index (χ4v) is 1.55. The third-order valence-corrected chi connectivity index (χ3v) is 2.46. The van der Waals surface area contributed by atoms with Crippen LogP contribution in [-0.2, 0) is 6.54 Å². The van der Waals surface area contributed by atoms with Crippen molar-refractivity contribution >= 4 is 5.82 Å². The molecule has 18 heavy (non-hydrogen) atoms. The third kappa shape index (κ3) is 2.88. The first kappa shape index (κ1) is 12.2. The molecule has 5 nitrogen and oxygen atoms in total. The zero-order valence-electron chi connectivity index (χ0n) is 10.4. The minimum atomic E-state index is 0.599.